The second-order valence-corrected chi connectivity index (χ2v) is 15.5. The van der Waals surface area contributed by atoms with Crippen LogP contribution in [-0.4, -0.2) is 23.7 Å². The van der Waals surface area contributed by atoms with E-state index in [1.807, 2.05) is 36.4 Å². The zero-order valence-electron chi connectivity index (χ0n) is 34.3. The first-order valence-electron chi connectivity index (χ1n) is 17.8. The average molecular weight is 996 g/mol. The normalized spacial score (nSPS) is 10.5. The Morgan fingerprint density at radius 1 is 0.556 bits per heavy atom. The van der Waals surface area contributed by atoms with Gasteiger partial charge >= 0.3 is 103 Å². The van der Waals surface area contributed by atoms with Crippen LogP contribution in [0.1, 0.15) is 1.43 Å². The zero-order chi connectivity index (χ0) is 43.5. The second kappa shape index (κ2) is 22.7. The molecule has 0 saturated carbocycles. The molecule has 10 rings (SSSR count). The van der Waals surface area contributed by atoms with Crippen LogP contribution < -0.4 is 108 Å². The van der Waals surface area contributed by atoms with Gasteiger partial charge in [0, 0.05) is 83.1 Å². The number of phenolic OH excluding ortho intramolecular Hbond substituents is 2. The number of hydrogen-bond donors (Lipinski definition) is 2. The van der Waals surface area contributed by atoms with Crippen LogP contribution in [0.2, 0.25) is 20.1 Å². The van der Waals surface area contributed by atoms with E-state index in [-0.39, 0.29) is 154 Å². The van der Waals surface area contributed by atoms with Crippen LogP contribution in [-0.2, 0) is 9.68 Å². The number of aromatic hydroxyl groups is 2. The van der Waals surface area contributed by atoms with Crippen molar-refractivity contribution < 1.29 is 147 Å². The minimum atomic E-state index is -0.578. The molecule has 63 heavy (non-hydrogen) atoms. The summed E-state index contributed by atoms with van der Waals surface area (Å²) in [6, 6.07) is 34.2. The van der Waals surface area contributed by atoms with Crippen LogP contribution in [0.15, 0.2) is 135 Å². The van der Waals surface area contributed by atoms with Crippen molar-refractivity contribution in [1.82, 2.24) is 0 Å². The molecular formula is C46H28Cl4F2K2NO7P. The van der Waals surface area contributed by atoms with Crippen LogP contribution in [0, 0.1) is 11.6 Å². The van der Waals surface area contributed by atoms with Crippen LogP contribution in [0.25, 0.3) is 87.7 Å². The molecule has 0 aliphatic rings. The van der Waals surface area contributed by atoms with E-state index in [1.54, 1.807) is 19.2 Å². The molecular weight excluding hydrogens is 967 g/mol. The molecule has 0 atom stereocenters. The molecule has 0 fully saturated rings. The molecule has 2 N–H and O–H groups in total. The second-order valence-electron chi connectivity index (χ2n) is 13.3. The Morgan fingerprint density at radius 3 is 1.22 bits per heavy atom. The fraction of sp³-hybridized carbons (Fsp3) is 0.0217. The van der Waals surface area contributed by atoms with Crippen molar-refractivity contribution >= 4 is 127 Å². The predicted octanol–water partition coefficient (Wildman–Crippen LogP) is 8.61. The van der Waals surface area contributed by atoms with E-state index >= 15 is 0 Å². The Kier molecular flexibility index (Phi) is 18.5. The predicted molar refractivity (Wildman–Crippen MR) is 242 cm³/mol. The summed E-state index contributed by atoms with van der Waals surface area (Å²) in [5.41, 5.74) is 4.17. The largest absolute Gasteiger partial charge is 1.00 e. The van der Waals surface area contributed by atoms with Crippen molar-refractivity contribution in [2.45, 2.75) is 0 Å². The van der Waals surface area contributed by atoms with Crippen LogP contribution >= 0.6 is 55.4 Å². The van der Waals surface area contributed by atoms with E-state index < -0.39 is 11.6 Å². The Morgan fingerprint density at radius 2 is 0.873 bits per heavy atom. The maximum Gasteiger partial charge on any atom is 1.00 e. The van der Waals surface area contributed by atoms with Crippen LogP contribution in [0.5, 0.6) is 11.5 Å². The molecule has 0 radical (unpaired) electrons. The molecule has 8 nitrogen and oxygen atoms in total. The van der Waals surface area contributed by atoms with Crippen molar-refractivity contribution in [3.05, 3.63) is 153 Å². The quantitative estimate of drug-likeness (QED) is 0.0597. The third-order valence-electron chi connectivity index (χ3n) is 9.50. The third kappa shape index (κ3) is 11.5. The molecule has 0 spiro atoms. The molecule has 2 heterocycles. The molecule has 0 saturated heterocycles. The van der Waals surface area contributed by atoms with Crippen molar-refractivity contribution in [1.29, 1.82) is 0 Å². The fourth-order valence-corrected chi connectivity index (χ4v) is 7.56. The Hall–Kier alpha value is -2.70. The summed E-state index contributed by atoms with van der Waals surface area (Å²) in [5.74, 6) is -1.46. The molecule has 0 aliphatic carbocycles. The molecule has 308 valence electrons. The molecule has 10 aromatic rings. The zero-order valence-corrected chi connectivity index (χ0v) is 43.5. The van der Waals surface area contributed by atoms with Crippen molar-refractivity contribution in [3.63, 3.8) is 0 Å². The SMILES string of the molecule is CN=P.Clc1ccc2c(c1)oc1cc3cc4c(cc3cc12)oc1cc(Cl)ccc14.O=CO[O-].Oc1cc2cc(-c3ccc(Cl)cc3F)c(O)cc2cc1-c1ccc(Cl)cc1F.[H-].[K+].[K+]. The molecule has 2 aromatic heterocycles. The van der Waals surface area contributed by atoms with Gasteiger partial charge < -0.3 is 30.6 Å². The molecule has 0 unspecified atom stereocenters. The summed E-state index contributed by atoms with van der Waals surface area (Å²) in [4.78, 5) is 11.2. The number of carbonyl (C=O) groups excluding carboxylic acids is 1. The van der Waals surface area contributed by atoms with Gasteiger partial charge in [0.2, 0.25) is 0 Å². The smallest absolute Gasteiger partial charge is 1.00 e. The monoisotopic (exact) mass is 993 g/mol. The summed E-state index contributed by atoms with van der Waals surface area (Å²) in [5, 5.41) is 38.7. The number of nitrogens with zero attached hydrogens (tertiary/aromatic N) is 1. The van der Waals surface area contributed by atoms with Gasteiger partial charge in [-0.05, 0) is 140 Å². The van der Waals surface area contributed by atoms with E-state index in [0.29, 0.717) is 20.8 Å². The minimum Gasteiger partial charge on any atom is -1.00 e. The summed E-state index contributed by atoms with van der Waals surface area (Å²) < 4.78 is 43.9. The number of furan rings is 2. The summed E-state index contributed by atoms with van der Waals surface area (Å²) in [6.45, 7) is -0.181. The molecule has 8 aromatic carbocycles. The number of rotatable bonds is 3. The Bertz CT molecular complexity index is 3130. The van der Waals surface area contributed by atoms with Gasteiger partial charge in [0.05, 0.1) is 0 Å². The van der Waals surface area contributed by atoms with Gasteiger partial charge in [-0.25, -0.2) is 8.78 Å². The van der Waals surface area contributed by atoms with Crippen molar-refractivity contribution in [2.24, 2.45) is 4.74 Å². The van der Waals surface area contributed by atoms with Crippen molar-refractivity contribution in [3.8, 4) is 33.8 Å². The van der Waals surface area contributed by atoms with Gasteiger partial charge in [0.1, 0.15) is 45.5 Å². The van der Waals surface area contributed by atoms with E-state index in [4.69, 9.17) is 65.3 Å². The molecule has 0 amide bonds. The number of fused-ring (bicyclic) bond motifs is 8. The van der Waals surface area contributed by atoms with Gasteiger partial charge in [-0.1, -0.05) is 46.4 Å². The molecule has 0 aliphatic heterocycles. The number of halogens is 6. The van der Waals surface area contributed by atoms with E-state index in [1.165, 1.54) is 36.4 Å². The first-order chi connectivity index (χ1) is 29.3. The Labute approximate surface area is 466 Å². The van der Waals surface area contributed by atoms with Gasteiger partial charge in [-0.2, -0.15) is 0 Å². The van der Waals surface area contributed by atoms with Gasteiger partial charge in [0.25, 0.3) is 6.47 Å². The minimum absolute atomic E-state index is 0. The van der Waals surface area contributed by atoms with Crippen LogP contribution in [0.3, 0.4) is 0 Å². The maximum absolute atomic E-state index is 14.3. The number of carbonyl (C=O) groups is 1. The van der Waals surface area contributed by atoms with Gasteiger partial charge in [-0.15, -0.1) is 0 Å². The van der Waals surface area contributed by atoms with E-state index in [9.17, 15) is 19.0 Å². The molecule has 17 heteroatoms. The Balaban J connectivity index is 0.000000236. The van der Waals surface area contributed by atoms with Gasteiger partial charge in [-0.3, -0.25) is 9.54 Å². The fourth-order valence-electron chi connectivity index (χ4n) is 6.91. The first-order valence-corrected chi connectivity index (χ1v) is 19.7. The standard InChI is InChI=1S/C22H12Cl2F2O2.C22H10Cl2O2.CH4NP.CH2O3.2K.H/c23-13-1-3-15(19(25)9-13)17-5-11-8-22(28)18(6-12(11)7-21(17)27)16-4-2-14(24)10-20(16)26;23-13-1-3-15-17-5-11-8-20-18(16-4-2-14(24)10-22(16)26-20)6-12(11)7-19(17)25-21(15)9-13;1-2-3;2-1-4-3;;;/h1-10,27-28H;1-10H;3H,1H3;1,3H;;;/q;;;;2*+1;-1/p-1. The van der Waals surface area contributed by atoms with Crippen molar-refractivity contribution in [2.75, 3.05) is 7.05 Å². The maximum atomic E-state index is 14.3. The first kappa shape index (κ1) is 51.3. The van der Waals surface area contributed by atoms with Crippen LogP contribution in [0.4, 0.5) is 8.78 Å². The summed E-state index contributed by atoms with van der Waals surface area (Å²) in [6.07, 6.45) is 0. The number of hydrogen-bond acceptors (Lipinski definition) is 8. The third-order valence-corrected chi connectivity index (χ3v) is 10.4. The summed E-state index contributed by atoms with van der Waals surface area (Å²) in [7, 11) is 4.47. The topological polar surface area (TPSA) is 128 Å². The number of phenols is 2. The van der Waals surface area contributed by atoms with E-state index in [0.717, 1.165) is 66.8 Å². The average Bonchev–Trinajstić information content (AvgIpc) is 3.75. The van der Waals surface area contributed by atoms with E-state index in [2.05, 4.69) is 42.9 Å². The van der Waals surface area contributed by atoms with Gasteiger partial charge in [0.15, 0.2) is 0 Å². The molecule has 0 bridgehead atoms. The summed E-state index contributed by atoms with van der Waals surface area (Å²) >= 11 is 23.8. The number of benzene rings is 8.